The average Bonchev–Trinajstić information content (AvgIpc) is 3.65. The van der Waals surface area contributed by atoms with Crippen LogP contribution in [0.15, 0.2) is 0 Å². The minimum Gasteiger partial charge on any atom is -0.394 e. The second-order valence-electron chi connectivity index (χ2n) is 25.8. The molecule has 5 saturated carbocycles. The molecule has 2 bridgehead atoms. The summed E-state index contributed by atoms with van der Waals surface area (Å²) in [4.78, 5) is 12.6. The molecule has 12 N–H and O–H groups in total. The topological polar surface area (TPSA) is 343 Å². The van der Waals surface area contributed by atoms with Crippen molar-refractivity contribution in [2.45, 2.75) is 234 Å². The van der Waals surface area contributed by atoms with Gasteiger partial charge in [-0.15, -0.1) is 0 Å². The molecule has 74 heavy (non-hydrogen) atoms. The number of hydrogen-bond donors (Lipinski definition) is 12. The summed E-state index contributed by atoms with van der Waals surface area (Å²) >= 11 is 0. The van der Waals surface area contributed by atoms with E-state index in [1.807, 2.05) is 0 Å². The summed E-state index contributed by atoms with van der Waals surface area (Å²) in [6, 6.07) is 0. The van der Waals surface area contributed by atoms with E-state index in [2.05, 4.69) is 41.5 Å². The van der Waals surface area contributed by atoms with Crippen LogP contribution in [0.5, 0.6) is 0 Å². The first kappa shape index (κ1) is 56.1. The molecule has 0 aromatic heterocycles. The lowest BCUT2D eigenvalue weighted by atomic mass is 9.30. The molecule has 0 radical (unpaired) electrons. The minimum absolute atomic E-state index is 0.0727. The molecule has 5 saturated heterocycles. The monoisotopic (exact) mass is 1060 g/mol. The van der Waals surface area contributed by atoms with Gasteiger partial charge in [0.15, 0.2) is 25.2 Å². The highest BCUT2D eigenvalue weighted by molar-refractivity contribution is 5.59. The van der Waals surface area contributed by atoms with Crippen molar-refractivity contribution in [1.29, 1.82) is 0 Å². The highest BCUT2D eigenvalue weighted by atomic mass is 16.8. The van der Waals surface area contributed by atoms with E-state index in [4.69, 9.17) is 42.6 Å². The molecule has 5 aliphatic heterocycles. The fraction of sp³-hybridized carbons (Fsp3) is 0.981. The van der Waals surface area contributed by atoms with Crippen molar-refractivity contribution in [2.24, 2.45) is 50.2 Å². The highest BCUT2D eigenvalue weighted by Gasteiger charge is 2.80. The third-order valence-corrected chi connectivity index (χ3v) is 22.0. The van der Waals surface area contributed by atoms with E-state index in [-0.39, 0.29) is 39.4 Å². The Balaban J connectivity index is 0.901. The average molecular weight is 1060 g/mol. The van der Waals surface area contributed by atoms with Gasteiger partial charge in [-0.2, -0.15) is 0 Å². The van der Waals surface area contributed by atoms with Gasteiger partial charge in [0.05, 0.1) is 50.8 Å². The first-order chi connectivity index (χ1) is 34.8. The summed E-state index contributed by atoms with van der Waals surface area (Å²) in [6.45, 7) is 11.7. The van der Waals surface area contributed by atoms with E-state index in [0.29, 0.717) is 25.9 Å². The third kappa shape index (κ3) is 8.31. The van der Waals surface area contributed by atoms with Crippen LogP contribution in [-0.2, 0) is 47.4 Å². The Morgan fingerprint density at radius 3 is 1.86 bits per heavy atom. The number of carbonyl (C=O) groups is 1. The Morgan fingerprint density at radius 2 is 1.18 bits per heavy atom. The molecule has 5 heterocycles. The molecule has 10 fully saturated rings. The highest BCUT2D eigenvalue weighted by Crippen LogP contribution is 2.80. The Labute approximate surface area is 431 Å². The smallest absolute Gasteiger partial charge is 0.187 e. The van der Waals surface area contributed by atoms with Gasteiger partial charge in [-0.1, -0.05) is 41.5 Å². The van der Waals surface area contributed by atoms with Crippen molar-refractivity contribution in [1.82, 2.24) is 0 Å². The summed E-state index contributed by atoms with van der Waals surface area (Å²) in [7, 11) is 0. The van der Waals surface area contributed by atoms with Crippen LogP contribution in [0.3, 0.4) is 0 Å². The molecule has 10 rings (SSSR count). The SMILES string of the molecule is CC1(C)[C@@H](O[C@@H]2OC[C@H](O[C@@H]3O[C@H](CO)[C@@H](O)[C@H](O)[C@H]3O[C@@H]3OC[C@@H](O)[C@H](O)[C@H]3O)[C@H](O)[C@H]2O[C@@H]2O[C@H](CO)[C@@H](O)[C@H](O)[C@H]2O)CC[C@@]2(C)[C@@H]1CC[C@]1(C)[C@@H]2CC[C@]23OC[C@@]4(CC[C@](C)(C=O)C[C@@H]42)[C@H](O)C[C@]31C. The van der Waals surface area contributed by atoms with E-state index >= 15 is 0 Å². The van der Waals surface area contributed by atoms with Gasteiger partial charge < -0.3 is 109 Å². The molecule has 22 nitrogen and oxygen atoms in total. The maximum atomic E-state index is 12.6. The second-order valence-corrected chi connectivity index (χ2v) is 25.8. The zero-order chi connectivity index (χ0) is 53.5. The second kappa shape index (κ2) is 19.8. The van der Waals surface area contributed by atoms with Crippen LogP contribution < -0.4 is 0 Å². The first-order valence-electron chi connectivity index (χ1n) is 27.1. The van der Waals surface area contributed by atoms with Crippen molar-refractivity contribution in [3.8, 4) is 0 Å². The lowest BCUT2D eigenvalue weighted by molar-refractivity contribution is -0.392. The normalized spacial score (nSPS) is 58.1. The summed E-state index contributed by atoms with van der Waals surface area (Å²) < 4.78 is 55.9. The van der Waals surface area contributed by atoms with Crippen molar-refractivity contribution in [3.63, 3.8) is 0 Å². The van der Waals surface area contributed by atoms with E-state index in [1.54, 1.807) is 0 Å². The molecular weight excluding hydrogens is 977 g/mol. The molecule has 0 amide bonds. The summed E-state index contributed by atoms with van der Waals surface area (Å²) in [6.07, 6.45) is -22.1. The van der Waals surface area contributed by atoms with Crippen LogP contribution in [0, 0.1) is 50.2 Å². The van der Waals surface area contributed by atoms with E-state index in [9.17, 15) is 66.1 Å². The van der Waals surface area contributed by atoms with Crippen molar-refractivity contribution in [3.05, 3.63) is 0 Å². The summed E-state index contributed by atoms with van der Waals surface area (Å²) in [5.74, 6) is 0.456. The fourth-order valence-corrected chi connectivity index (χ4v) is 17.4. The fourth-order valence-electron chi connectivity index (χ4n) is 17.4. The first-order valence-corrected chi connectivity index (χ1v) is 27.1. The maximum Gasteiger partial charge on any atom is 0.187 e. The number of aldehydes is 1. The number of aliphatic hydroxyl groups is 12. The van der Waals surface area contributed by atoms with Crippen molar-refractivity contribution in [2.75, 3.05) is 33.0 Å². The summed E-state index contributed by atoms with van der Waals surface area (Å²) in [5, 5.41) is 130. The number of fused-ring (bicyclic) bond motifs is 4. The molecule has 424 valence electrons. The number of rotatable bonds is 11. The van der Waals surface area contributed by atoms with E-state index in [1.165, 1.54) is 0 Å². The third-order valence-electron chi connectivity index (χ3n) is 22.0. The van der Waals surface area contributed by atoms with Crippen LogP contribution in [0.2, 0.25) is 0 Å². The maximum absolute atomic E-state index is 12.6. The standard InChI is InChI=1S/C52H84O22/c1-46(2)27-7-11-49(5)28(8-12-52-29-15-47(3,21-55)13-14-51(29,22-68-52)30(57)16-50(49,52)6)48(27,4)10-9-31(46)72-44-40(74-43-39(65)36(62)33(59)24(17-53)69-43)35(61)26(20-67-44)71-45-41(37(63)34(60)25(18-54)70-45)73-42-38(64)32(58)23(56)19-66-42/h21,23-45,53-54,56-65H,7-20,22H2,1-6H3/t23-,24-,25-,26+,27-,28-,29+,30-,31+,32+,33-,34-,35+,36+,37+,38-,39-,40-,41-,42+,43+,44+,45+,47+,48+,49-,50+,51-,52+/m1/s1. The van der Waals surface area contributed by atoms with Gasteiger partial charge in [-0.25, -0.2) is 0 Å². The quantitative estimate of drug-likeness (QED) is 0.0795. The van der Waals surface area contributed by atoms with Crippen LogP contribution in [0.4, 0.5) is 0 Å². The zero-order valence-corrected chi connectivity index (χ0v) is 43.4. The van der Waals surface area contributed by atoms with Gasteiger partial charge in [0, 0.05) is 16.2 Å². The molecule has 29 atom stereocenters. The molecule has 0 unspecified atom stereocenters. The molecule has 22 heteroatoms. The van der Waals surface area contributed by atoms with Gasteiger partial charge in [-0.3, -0.25) is 0 Å². The zero-order valence-electron chi connectivity index (χ0n) is 43.4. The Morgan fingerprint density at radius 1 is 0.554 bits per heavy atom. The number of aliphatic hydroxyl groups excluding tert-OH is 12. The molecule has 0 aromatic rings. The minimum atomic E-state index is -1.89. The van der Waals surface area contributed by atoms with Crippen molar-refractivity contribution >= 4 is 6.29 Å². The van der Waals surface area contributed by atoms with Gasteiger partial charge in [0.2, 0.25) is 0 Å². The Hall–Kier alpha value is -1.17. The van der Waals surface area contributed by atoms with Gasteiger partial charge in [-0.05, 0) is 98.2 Å². The summed E-state index contributed by atoms with van der Waals surface area (Å²) in [5.41, 5.74) is -2.57. The largest absolute Gasteiger partial charge is 0.394 e. The van der Waals surface area contributed by atoms with E-state index < -0.39 is 166 Å². The molecule has 10 aliphatic rings. The van der Waals surface area contributed by atoms with Crippen molar-refractivity contribution < 1.29 is 109 Å². The number of carbonyl (C=O) groups excluding carboxylic acids is 1. The number of ether oxygens (including phenoxy) is 9. The van der Waals surface area contributed by atoms with Crippen LogP contribution in [-0.4, -0.2) is 229 Å². The van der Waals surface area contributed by atoms with Crippen LogP contribution >= 0.6 is 0 Å². The molecule has 0 aromatic carbocycles. The molecular formula is C52H84O22. The number of hydrogen-bond acceptors (Lipinski definition) is 22. The Kier molecular flexibility index (Phi) is 15.0. The van der Waals surface area contributed by atoms with Crippen LogP contribution in [0.1, 0.15) is 106 Å². The molecule has 5 aliphatic carbocycles. The Bertz CT molecular complexity index is 2020. The predicted octanol–water partition coefficient (Wildman–Crippen LogP) is -1.89. The van der Waals surface area contributed by atoms with E-state index in [0.717, 1.165) is 51.2 Å². The van der Waals surface area contributed by atoms with Crippen LogP contribution in [0.25, 0.3) is 0 Å². The van der Waals surface area contributed by atoms with Gasteiger partial charge in [0.1, 0.15) is 91.7 Å². The molecule has 1 spiro atoms. The lowest BCUT2D eigenvalue weighted by Crippen LogP contribution is -2.74. The lowest BCUT2D eigenvalue weighted by Gasteiger charge is -2.75. The van der Waals surface area contributed by atoms with Gasteiger partial charge in [0.25, 0.3) is 0 Å². The predicted molar refractivity (Wildman–Crippen MR) is 251 cm³/mol. The van der Waals surface area contributed by atoms with Gasteiger partial charge >= 0.3 is 0 Å².